The summed E-state index contributed by atoms with van der Waals surface area (Å²) in [5.74, 6) is 0.261. The fourth-order valence-corrected chi connectivity index (χ4v) is 4.04. The number of amides is 1. The summed E-state index contributed by atoms with van der Waals surface area (Å²) in [6.45, 7) is 0.403. The number of aryl methyl sites for hydroxylation is 1. The number of methoxy groups -OCH3 is 1. The third-order valence-corrected chi connectivity index (χ3v) is 5.77. The zero-order valence-corrected chi connectivity index (χ0v) is 18.5. The van der Waals surface area contributed by atoms with Crippen molar-refractivity contribution in [1.29, 1.82) is 0 Å². The van der Waals surface area contributed by atoms with Crippen molar-refractivity contribution in [3.63, 3.8) is 0 Å². The van der Waals surface area contributed by atoms with Crippen molar-refractivity contribution in [2.45, 2.75) is 57.4 Å². The summed E-state index contributed by atoms with van der Waals surface area (Å²) in [5, 5.41) is 2.70. The van der Waals surface area contributed by atoms with Crippen LogP contribution in [0.15, 0.2) is 36.4 Å². The lowest BCUT2D eigenvalue weighted by Gasteiger charge is -2.23. The van der Waals surface area contributed by atoms with E-state index < -0.39 is 5.82 Å². The third-order valence-electron chi connectivity index (χ3n) is 5.77. The SMILES string of the molecule is COc1ccc2c(c1)CCCC2N[N+](=O)CCCCCCC(=O)Nc1ccc(F)cc1N. The lowest BCUT2D eigenvalue weighted by molar-refractivity contribution is -0.614. The van der Waals surface area contributed by atoms with Gasteiger partial charge in [-0.2, -0.15) is 0 Å². The summed E-state index contributed by atoms with van der Waals surface area (Å²) in [4.78, 5) is 25.3. The molecule has 32 heavy (non-hydrogen) atoms. The van der Waals surface area contributed by atoms with Crippen molar-refractivity contribution in [1.82, 2.24) is 5.43 Å². The molecule has 2 aromatic rings. The Morgan fingerprint density at radius 2 is 2.00 bits per heavy atom. The molecule has 1 amide bonds. The monoisotopic (exact) mass is 443 g/mol. The molecule has 0 radical (unpaired) electrons. The van der Waals surface area contributed by atoms with E-state index >= 15 is 0 Å². The van der Waals surface area contributed by atoms with Crippen LogP contribution < -0.4 is 21.2 Å². The molecule has 8 heteroatoms. The Morgan fingerprint density at radius 3 is 2.78 bits per heavy atom. The first-order valence-corrected chi connectivity index (χ1v) is 11.2. The van der Waals surface area contributed by atoms with Crippen LogP contribution in [0, 0.1) is 10.7 Å². The molecule has 1 aliphatic carbocycles. The molecule has 0 aromatic heterocycles. The summed E-state index contributed by atoms with van der Waals surface area (Å²) < 4.78 is 18.4. The number of nitrogens with two attached hydrogens (primary N) is 1. The molecule has 1 unspecified atom stereocenters. The molecule has 0 heterocycles. The molecule has 3 rings (SSSR count). The smallest absolute Gasteiger partial charge is 0.225 e. The van der Waals surface area contributed by atoms with Gasteiger partial charge in [-0.15, -0.1) is 5.43 Å². The van der Waals surface area contributed by atoms with Gasteiger partial charge in [0, 0.05) is 12.8 Å². The number of halogens is 1. The van der Waals surface area contributed by atoms with E-state index in [1.54, 1.807) is 7.11 Å². The number of nitrogens with one attached hydrogen (secondary N) is 2. The zero-order valence-electron chi connectivity index (χ0n) is 18.5. The molecule has 0 saturated heterocycles. The lowest BCUT2D eigenvalue weighted by atomic mass is 9.88. The first-order chi connectivity index (χ1) is 15.5. The van der Waals surface area contributed by atoms with Crippen molar-refractivity contribution < 1.29 is 18.8 Å². The molecule has 172 valence electrons. The molecule has 7 nitrogen and oxygen atoms in total. The number of carbonyl (C=O) groups is 1. The Morgan fingerprint density at radius 1 is 1.19 bits per heavy atom. The average Bonchev–Trinajstić information content (AvgIpc) is 2.78. The fraction of sp³-hybridized carbons (Fsp3) is 0.458. The lowest BCUT2D eigenvalue weighted by Crippen LogP contribution is -2.33. The number of hydrogen-bond acceptors (Lipinski definition) is 4. The van der Waals surface area contributed by atoms with Crippen molar-refractivity contribution in [2.24, 2.45) is 0 Å². The van der Waals surface area contributed by atoms with Crippen molar-refractivity contribution >= 4 is 17.3 Å². The normalized spacial score (nSPS) is 15.0. The van der Waals surface area contributed by atoms with E-state index in [1.807, 2.05) is 12.1 Å². The third kappa shape index (κ3) is 6.67. The van der Waals surface area contributed by atoms with E-state index in [9.17, 15) is 14.1 Å². The predicted octanol–water partition coefficient (Wildman–Crippen LogP) is 4.67. The van der Waals surface area contributed by atoms with Crippen LogP contribution in [0.3, 0.4) is 0 Å². The second-order valence-electron chi connectivity index (χ2n) is 8.18. The zero-order chi connectivity index (χ0) is 22.9. The topological polar surface area (TPSA) is 96.5 Å². The van der Waals surface area contributed by atoms with E-state index in [0.29, 0.717) is 18.7 Å². The highest BCUT2D eigenvalue weighted by Gasteiger charge is 2.25. The number of unbranched alkanes of at least 4 members (excludes halogenated alkanes) is 3. The van der Waals surface area contributed by atoms with Gasteiger partial charge in [-0.25, -0.2) is 4.39 Å². The minimum absolute atomic E-state index is 0.0322. The van der Waals surface area contributed by atoms with E-state index in [4.69, 9.17) is 10.5 Å². The van der Waals surface area contributed by atoms with Gasteiger partial charge in [0.15, 0.2) is 0 Å². The minimum atomic E-state index is -0.435. The quantitative estimate of drug-likeness (QED) is 0.203. The molecule has 1 aliphatic rings. The van der Waals surface area contributed by atoms with E-state index in [0.717, 1.165) is 55.6 Å². The highest BCUT2D eigenvalue weighted by molar-refractivity contribution is 5.93. The van der Waals surface area contributed by atoms with E-state index in [2.05, 4.69) is 16.8 Å². The number of benzene rings is 2. The number of anilines is 2. The standard InChI is InChI=1S/C24H31FN4O3/c1-32-19-11-12-20-17(15-19)7-6-8-22(20)28-29(31)14-5-3-2-4-9-24(30)27-23-13-10-18(25)16-21(23)26/h10-13,15-16,22H,2-9,14,26H2,1H3,(H-,27,28,30,31)/p+1. The molecule has 0 bridgehead atoms. The summed E-state index contributed by atoms with van der Waals surface area (Å²) in [7, 11) is 1.66. The second kappa shape index (κ2) is 11.5. The maximum Gasteiger partial charge on any atom is 0.225 e. The Kier molecular flexibility index (Phi) is 8.41. The molecule has 0 saturated carbocycles. The second-order valence-corrected chi connectivity index (χ2v) is 8.18. The highest BCUT2D eigenvalue weighted by Crippen LogP contribution is 2.32. The van der Waals surface area contributed by atoms with Gasteiger partial charge in [-0.1, -0.05) is 12.5 Å². The van der Waals surface area contributed by atoms with E-state index in [1.165, 1.54) is 29.3 Å². The fourth-order valence-electron chi connectivity index (χ4n) is 4.04. The van der Waals surface area contributed by atoms with Gasteiger partial charge in [0.1, 0.15) is 22.5 Å². The number of nitrogen functional groups attached to an aromatic ring is 1. The molecule has 0 fully saturated rings. The largest absolute Gasteiger partial charge is 0.497 e. The minimum Gasteiger partial charge on any atom is -0.497 e. The first-order valence-electron chi connectivity index (χ1n) is 11.2. The first kappa shape index (κ1) is 23.5. The number of nitroso groups, excluding NO2 is 1. The Labute approximate surface area is 188 Å². The summed E-state index contributed by atoms with van der Waals surface area (Å²) in [6, 6.07) is 9.97. The number of rotatable bonds is 11. The Balaban J connectivity index is 1.32. The number of carbonyl (C=O) groups excluding carboxylic acids is 1. The number of ether oxygens (including phenoxy) is 1. The van der Waals surface area contributed by atoms with Gasteiger partial charge < -0.3 is 15.8 Å². The van der Waals surface area contributed by atoms with Crippen LogP contribution in [0.1, 0.15) is 62.1 Å². The molecule has 0 aliphatic heterocycles. The van der Waals surface area contributed by atoms with Crippen LogP contribution in [0.5, 0.6) is 5.75 Å². The number of hydrogen-bond donors (Lipinski definition) is 3. The van der Waals surface area contributed by atoms with Gasteiger partial charge >= 0.3 is 0 Å². The molecular formula is C24H32FN4O3+. The maximum atomic E-state index is 13.1. The number of fused-ring (bicyclic) bond motifs is 1. The molecule has 0 spiro atoms. The van der Waals surface area contributed by atoms with Crippen LogP contribution in [0.2, 0.25) is 0 Å². The number of hydrazine groups is 1. The highest BCUT2D eigenvalue weighted by atomic mass is 19.1. The average molecular weight is 444 g/mol. The molecular weight excluding hydrogens is 411 g/mol. The summed E-state index contributed by atoms with van der Waals surface area (Å²) >= 11 is 0. The van der Waals surface area contributed by atoms with Gasteiger partial charge in [0.2, 0.25) is 12.5 Å². The predicted molar refractivity (Wildman–Crippen MR) is 123 cm³/mol. The van der Waals surface area contributed by atoms with E-state index in [-0.39, 0.29) is 17.6 Å². The van der Waals surface area contributed by atoms with Crippen LogP contribution in [0.25, 0.3) is 0 Å². The van der Waals surface area contributed by atoms with Gasteiger partial charge in [-0.05, 0) is 73.6 Å². The van der Waals surface area contributed by atoms with Crippen molar-refractivity contribution in [2.75, 3.05) is 24.7 Å². The molecule has 4 N–H and O–H groups in total. The summed E-state index contributed by atoms with van der Waals surface area (Å²) in [5.41, 5.74) is 11.8. The van der Waals surface area contributed by atoms with Crippen LogP contribution in [-0.2, 0) is 11.2 Å². The van der Waals surface area contributed by atoms with Crippen LogP contribution >= 0.6 is 0 Å². The molecule has 2 aromatic carbocycles. The van der Waals surface area contributed by atoms with Crippen LogP contribution in [0.4, 0.5) is 15.8 Å². The van der Waals surface area contributed by atoms with Gasteiger partial charge in [-0.3, -0.25) is 4.79 Å². The summed E-state index contributed by atoms with van der Waals surface area (Å²) in [6.07, 6.45) is 6.53. The van der Waals surface area contributed by atoms with Gasteiger partial charge in [0.05, 0.1) is 23.4 Å². The van der Waals surface area contributed by atoms with Crippen molar-refractivity contribution in [3.8, 4) is 5.75 Å². The number of nitrogens with zero attached hydrogens (tertiary/aromatic N) is 1. The Hall–Kier alpha value is -3.16. The van der Waals surface area contributed by atoms with Crippen LogP contribution in [-0.4, -0.2) is 24.4 Å². The maximum absolute atomic E-state index is 13.1. The van der Waals surface area contributed by atoms with Gasteiger partial charge in [0.25, 0.3) is 0 Å². The Bertz CT molecular complexity index is 951. The van der Waals surface area contributed by atoms with Crippen molar-refractivity contribution in [3.05, 3.63) is 58.2 Å². The molecule has 1 atom stereocenters.